The van der Waals surface area contributed by atoms with Crippen LogP contribution in [0.2, 0.25) is 0 Å². The number of rotatable bonds is 7. The summed E-state index contributed by atoms with van der Waals surface area (Å²) < 4.78 is 26.0. The fourth-order valence-electron chi connectivity index (χ4n) is 3.97. The summed E-state index contributed by atoms with van der Waals surface area (Å²) in [6.07, 6.45) is 4.00. The number of aromatic nitrogens is 1. The van der Waals surface area contributed by atoms with Gasteiger partial charge in [0.1, 0.15) is 11.6 Å². The zero-order valence-corrected chi connectivity index (χ0v) is 17.2. The van der Waals surface area contributed by atoms with Gasteiger partial charge in [-0.25, -0.2) is 9.37 Å². The third-order valence-corrected chi connectivity index (χ3v) is 5.74. The van der Waals surface area contributed by atoms with E-state index in [1.807, 2.05) is 0 Å². The summed E-state index contributed by atoms with van der Waals surface area (Å²) in [5.74, 6) is 0.239. The van der Waals surface area contributed by atoms with Crippen molar-refractivity contribution in [1.29, 1.82) is 0 Å². The van der Waals surface area contributed by atoms with Crippen LogP contribution in [-0.4, -0.2) is 35.4 Å². The molecule has 2 heterocycles. The van der Waals surface area contributed by atoms with Crippen molar-refractivity contribution in [1.82, 2.24) is 4.98 Å². The maximum Gasteiger partial charge on any atom is 0.268 e. The van der Waals surface area contributed by atoms with Gasteiger partial charge < -0.3 is 14.4 Å². The van der Waals surface area contributed by atoms with Crippen molar-refractivity contribution < 1.29 is 23.5 Å². The minimum absolute atomic E-state index is 0.0769. The number of ether oxygens (including phenoxy) is 2. The highest BCUT2D eigenvalue weighted by atomic mass is 19.1. The zero-order chi connectivity index (χ0) is 21.3. The first kappa shape index (κ1) is 20.3. The van der Waals surface area contributed by atoms with Crippen LogP contribution >= 0.6 is 0 Å². The molecule has 1 aliphatic heterocycles. The van der Waals surface area contributed by atoms with Crippen molar-refractivity contribution in [2.24, 2.45) is 0 Å². The molecule has 1 unspecified atom stereocenters. The van der Waals surface area contributed by atoms with E-state index in [-0.39, 0.29) is 17.8 Å². The molecular formula is C23H25FN2O4. The van der Waals surface area contributed by atoms with Crippen LogP contribution in [0, 0.1) is 5.82 Å². The molecule has 30 heavy (non-hydrogen) atoms. The molecule has 1 aromatic heterocycles. The Morgan fingerprint density at radius 3 is 2.70 bits per heavy atom. The average molecular weight is 412 g/mol. The molecule has 4 rings (SSSR count). The van der Waals surface area contributed by atoms with Crippen LogP contribution in [0.25, 0.3) is 0 Å². The van der Waals surface area contributed by atoms with Gasteiger partial charge in [-0.2, -0.15) is 0 Å². The molecule has 7 heteroatoms. The number of pyridine rings is 1. The summed E-state index contributed by atoms with van der Waals surface area (Å²) >= 11 is 0. The van der Waals surface area contributed by atoms with Gasteiger partial charge in [0.15, 0.2) is 11.9 Å². The lowest BCUT2D eigenvalue weighted by Crippen LogP contribution is -2.32. The highest BCUT2D eigenvalue weighted by Gasteiger charge is 2.36. The lowest BCUT2D eigenvalue weighted by molar-refractivity contribution is -0.122. The predicted octanol–water partition coefficient (Wildman–Crippen LogP) is 4.10. The topological polar surface area (TPSA) is 68.7 Å². The number of benzene rings is 1. The second-order valence-corrected chi connectivity index (χ2v) is 7.65. The summed E-state index contributed by atoms with van der Waals surface area (Å²) in [5.41, 5.74) is 1.24. The number of carbonyl (C=O) groups excluding carboxylic acids is 2. The molecule has 1 saturated heterocycles. The normalized spacial score (nSPS) is 18.3. The number of carbonyl (C=O) groups is 2. The number of ketones is 1. The monoisotopic (exact) mass is 412 g/mol. The fourth-order valence-corrected chi connectivity index (χ4v) is 3.97. The van der Waals surface area contributed by atoms with E-state index < -0.39 is 11.9 Å². The smallest absolute Gasteiger partial charge is 0.268 e. The largest absolute Gasteiger partial charge is 0.479 e. The van der Waals surface area contributed by atoms with Gasteiger partial charge in [-0.3, -0.25) is 9.59 Å². The van der Waals surface area contributed by atoms with Gasteiger partial charge in [-0.05, 0) is 43.0 Å². The van der Waals surface area contributed by atoms with E-state index >= 15 is 0 Å². The predicted molar refractivity (Wildman–Crippen MR) is 110 cm³/mol. The maximum atomic E-state index is 14.4. The zero-order valence-electron chi connectivity index (χ0n) is 17.2. The van der Waals surface area contributed by atoms with Crippen LogP contribution in [0.5, 0.6) is 11.6 Å². The number of nitrogens with zero attached hydrogens (tertiary/aromatic N) is 2. The first-order chi connectivity index (χ1) is 14.5. The van der Waals surface area contributed by atoms with Gasteiger partial charge in [0.25, 0.3) is 5.91 Å². The van der Waals surface area contributed by atoms with Crippen molar-refractivity contribution in [3.05, 3.63) is 47.4 Å². The van der Waals surface area contributed by atoms with E-state index in [9.17, 15) is 14.0 Å². The molecule has 1 atom stereocenters. The van der Waals surface area contributed by atoms with Crippen molar-refractivity contribution in [3.63, 3.8) is 0 Å². The van der Waals surface area contributed by atoms with Gasteiger partial charge >= 0.3 is 0 Å². The van der Waals surface area contributed by atoms with Crippen molar-refractivity contribution in [2.75, 3.05) is 11.4 Å². The Hall–Kier alpha value is -2.96. The Morgan fingerprint density at radius 2 is 2.00 bits per heavy atom. The van der Waals surface area contributed by atoms with E-state index in [0.717, 1.165) is 12.8 Å². The molecule has 2 aliphatic rings. The van der Waals surface area contributed by atoms with Crippen molar-refractivity contribution in [3.8, 4) is 11.6 Å². The van der Waals surface area contributed by atoms with E-state index in [1.165, 1.54) is 11.0 Å². The number of hydrogen-bond donors (Lipinski definition) is 0. The fraction of sp³-hybridized carbons (Fsp3) is 0.435. The van der Waals surface area contributed by atoms with Gasteiger partial charge in [0, 0.05) is 36.7 Å². The molecule has 2 aromatic rings. The third-order valence-electron chi connectivity index (χ3n) is 5.74. The number of hydrogen-bond acceptors (Lipinski definition) is 5. The van der Waals surface area contributed by atoms with Crippen LogP contribution in [0.3, 0.4) is 0 Å². The van der Waals surface area contributed by atoms with Crippen molar-refractivity contribution >= 4 is 17.4 Å². The number of fused-ring (bicyclic) bond motifs is 1. The van der Waals surface area contributed by atoms with Gasteiger partial charge in [0.05, 0.1) is 12.3 Å². The minimum atomic E-state index is -0.676. The van der Waals surface area contributed by atoms with Crippen LogP contribution in [0.4, 0.5) is 10.1 Å². The summed E-state index contributed by atoms with van der Waals surface area (Å²) in [4.78, 5) is 30.6. The molecule has 0 radical (unpaired) electrons. The van der Waals surface area contributed by atoms with Crippen LogP contribution < -0.4 is 14.4 Å². The summed E-state index contributed by atoms with van der Waals surface area (Å²) in [6, 6.07) is 6.42. The Morgan fingerprint density at radius 1 is 1.20 bits per heavy atom. The molecule has 0 saturated carbocycles. The maximum absolute atomic E-state index is 14.4. The molecule has 158 valence electrons. The second kappa shape index (κ2) is 8.42. The highest BCUT2D eigenvalue weighted by molar-refractivity contribution is 6.04. The van der Waals surface area contributed by atoms with Crippen LogP contribution in [0.15, 0.2) is 30.5 Å². The number of halogens is 1. The SMILES string of the molecule is CCC(CC)Oc1ccc(OC2CCN(c3cc(F)c4c(c3)C(=O)CC4)C2=O)cn1. The number of Topliss-reactive ketones (excluding diaryl/α,β-unsaturated/α-hetero) is 1. The standard InChI is InChI=1S/C23H25FN2O4/c1-3-15(4-2)30-22-8-5-16(13-25-22)29-21-9-10-26(23(21)28)14-11-18-17(19(24)12-14)6-7-20(18)27/h5,8,11-13,15,21H,3-4,6-7,9-10H2,1-2H3. The van der Waals surface area contributed by atoms with Gasteiger partial charge in [0.2, 0.25) is 5.88 Å². The first-order valence-corrected chi connectivity index (χ1v) is 10.5. The molecule has 0 N–H and O–H groups in total. The lowest BCUT2D eigenvalue weighted by Gasteiger charge is -2.19. The highest BCUT2D eigenvalue weighted by Crippen LogP contribution is 2.32. The van der Waals surface area contributed by atoms with E-state index in [1.54, 1.807) is 24.4 Å². The van der Waals surface area contributed by atoms with E-state index in [2.05, 4.69) is 18.8 Å². The Balaban J connectivity index is 1.44. The Kier molecular flexibility index (Phi) is 5.70. The van der Waals surface area contributed by atoms with Crippen molar-refractivity contribution in [2.45, 2.75) is 58.2 Å². The van der Waals surface area contributed by atoms with Gasteiger partial charge in [-0.1, -0.05) is 13.8 Å². The summed E-state index contributed by atoms with van der Waals surface area (Å²) in [6.45, 7) is 4.52. The molecule has 0 spiro atoms. The quantitative estimate of drug-likeness (QED) is 0.685. The lowest BCUT2D eigenvalue weighted by atomic mass is 10.1. The second-order valence-electron chi connectivity index (χ2n) is 7.65. The van der Waals surface area contributed by atoms with Crippen LogP contribution in [0.1, 0.15) is 55.5 Å². The molecular weight excluding hydrogens is 387 g/mol. The molecule has 1 aliphatic carbocycles. The van der Waals surface area contributed by atoms with Crippen LogP contribution in [-0.2, 0) is 11.2 Å². The summed E-state index contributed by atoms with van der Waals surface area (Å²) in [7, 11) is 0. The number of amides is 1. The summed E-state index contributed by atoms with van der Waals surface area (Å²) in [5, 5.41) is 0. The van der Waals surface area contributed by atoms with Gasteiger partial charge in [-0.15, -0.1) is 0 Å². The molecule has 1 aromatic carbocycles. The van der Waals surface area contributed by atoms with E-state index in [0.29, 0.717) is 54.3 Å². The molecule has 6 nitrogen and oxygen atoms in total. The van der Waals surface area contributed by atoms with E-state index in [4.69, 9.17) is 9.47 Å². The first-order valence-electron chi connectivity index (χ1n) is 10.5. The number of anilines is 1. The Labute approximate surface area is 175 Å². The molecule has 1 amide bonds. The Bertz CT molecular complexity index is 956. The minimum Gasteiger partial charge on any atom is -0.479 e. The third kappa shape index (κ3) is 3.88. The average Bonchev–Trinajstić information content (AvgIpc) is 3.30. The molecule has 0 bridgehead atoms. The molecule has 1 fully saturated rings.